The SMILES string of the molecule is CCC(OC(=O)O[C@@]1(C(=O)OCF)[C@H](C)C[C@H]2[C@@H]3C[C@H](F)C4=CC(=O)C=C[C@]4(C)C3(F)[C@@H](O)C[C@@]21C)C(C)(C)C. The molecule has 10 heteroatoms. The number of aliphatic hydroxyl groups is 1. The van der Waals surface area contributed by atoms with Crippen LogP contribution in [0.25, 0.3) is 0 Å². The normalized spacial score (nSPS) is 43.1. The Morgan fingerprint density at radius 3 is 2.42 bits per heavy atom. The number of carbonyl (C=O) groups is 3. The predicted octanol–water partition coefficient (Wildman–Crippen LogP) is 5.74. The summed E-state index contributed by atoms with van der Waals surface area (Å²) in [6.45, 7) is 10.7. The lowest BCUT2D eigenvalue weighted by Crippen LogP contribution is -2.71. The molecule has 2 unspecified atom stereocenters. The molecular formula is C30H41F3O7. The molecule has 10 atom stereocenters. The average molecular weight is 571 g/mol. The molecule has 0 amide bonds. The van der Waals surface area contributed by atoms with E-state index in [2.05, 4.69) is 0 Å². The maximum absolute atomic E-state index is 17.5. The maximum Gasteiger partial charge on any atom is 0.509 e. The van der Waals surface area contributed by atoms with E-state index in [1.54, 1.807) is 13.8 Å². The first kappa shape index (κ1) is 30.6. The molecule has 0 aromatic heterocycles. The molecule has 7 nitrogen and oxygen atoms in total. The molecule has 0 saturated heterocycles. The lowest BCUT2D eigenvalue weighted by molar-refractivity contribution is -0.236. The zero-order chi connectivity index (χ0) is 30.1. The van der Waals surface area contributed by atoms with Crippen LogP contribution in [0.1, 0.15) is 74.1 Å². The highest BCUT2D eigenvalue weighted by Crippen LogP contribution is 2.71. The summed E-state index contributed by atoms with van der Waals surface area (Å²) in [6, 6.07) is 0. The lowest BCUT2D eigenvalue weighted by atomic mass is 9.44. The van der Waals surface area contributed by atoms with Crippen LogP contribution in [0.4, 0.5) is 18.0 Å². The fraction of sp³-hybridized carbons (Fsp3) is 0.767. The molecule has 0 spiro atoms. The van der Waals surface area contributed by atoms with E-state index in [1.165, 1.54) is 19.1 Å². The Morgan fingerprint density at radius 2 is 1.85 bits per heavy atom. The summed E-state index contributed by atoms with van der Waals surface area (Å²) < 4.78 is 62.8. The molecule has 0 radical (unpaired) electrons. The molecule has 0 bridgehead atoms. The first-order chi connectivity index (χ1) is 18.4. The number of aliphatic hydroxyl groups excluding tert-OH is 1. The van der Waals surface area contributed by atoms with Gasteiger partial charge in [-0.2, -0.15) is 0 Å². The Bertz CT molecular complexity index is 1130. The number of carbonyl (C=O) groups excluding carboxylic acids is 3. The third-order valence-corrected chi connectivity index (χ3v) is 10.5. The number of halogens is 3. The number of ketones is 1. The van der Waals surface area contributed by atoms with Crippen LogP contribution in [0, 0.1) is 34.0 Å². The van der Waals surface area contributed by atoms with Crippen molar-refractivity contribution >= 4 is 17.9 Å². The summed E-state index contributed by atoms with van der Waals surface area (Å²) >= 11 is 0. The van der Waals surface area contributed by atoms with E-state index in [0.717, 1.165) is 6.08 Å². The van der Waals surface area contributed by atoms with Crippen LogP contribution in [-0.2, 0) is 23.8 Å². The molecule has 224 valence electrons. The van der Waals surface area contributed by atoms with E-state index < -0.39 is 88.4 Å². The zero-order valence-corrected chi connectivity index (χ0v) is 24.3. The van der Waals surface area contributed by atoms with E-state index in [-0.39, 0.29) is 24.8 Å². The number of rotatable bonds is 5. The average Bonchev–Trinajstić information content (AvgIpc) is 3.07. The van der Waals surface area contributed by atoms with Gasteiger partial charge >= 0.3 is 12.1 Å². The summed E-state index contributed by atoms with van der Waals surface area (Å²) in [6.07, 6.45) is -1.66. The van der Waals surface area contributed by atoms with Gasteiger partial charge in [0.2, 0.25) is 12.5 Å². The molecule has 0 aromatic rings. The number of alkyl halides is 3. The van der Waals surface area contributed by atoms with Gasteiger partial charge in [-0.3, -0.25) is 4.79 Å². The van der Waals surface area contributed by atoms with E-state index in [9.17, 15) is 23.9 Å². The van der Waals surface area contributed by atoms with Crippen LogP contribution in [0.15, 0.2) is 23.8 Å². The number of esters is 1. The number of ether oxygens (including phenoxy) is 3. The van der Waals surface area contributed by atoms with Crippen molar-refractivity contribution in [3.63, 3.8) is 0 Å². The second kappa shape index (κ2) is 9.88. The van der Waals surface area contributed by atoms with Gasteiger partial charge in [0, 0.05) is 22.7 Å². The third kappa shape index (κ3) is 4.06. The van der Waals surface area contributed by atoms with Crippen LogP contribution in [-0.4, -0.2) is 59.5 Å². The molecule has 1 N–H and O–H groups in total. The Labute approximate surface area is 233 Å². The minimum Gasteiger partial charge on any atom is -0.431 e. The van der Waals surface area contributed by atoms with Gasteiger partial charge in [0.1, 0.15) is 12.3 Å². The smallest absolute Gasteiger partial charge is 0.431 e. The Balaban J connectivity index is 1.80. The van der Waals surface area contributed by atoms with Gasteiger partial charge in [0.05, 0.1) is 6.10 Å². The summed E-state index contributed by atoms with van der Waals surface area (Å²) in [7, 11) is 0. The first-order valence-electron chi connectivity index (χ1n) is 14.0. The van der Waals surface area contributed by atoms with Crippen LogP contribution in [0.2, 0.25) is 0 Å². The van der Waals surface area contributed by atoms with Gasteiger partial charge in [0.15, 0.2) is 11.5 Å². The summed E-state index contributed by atoms with van der Waals surface area (Å²) in [5, 5.41) is 11.5. The highest BCUT2D eigenvalue weighted by atomic mass is 19.1. The van der Waals surface area contributed by atoms with Crippen LogP contribution < -0.4 is 0 Å². The number of hydrogen-bond donors (Lipinski definition) is 1. The van der Waals surface area contributed by atoms with Crippen molar-refractivity contribution in [3.8, 4) is 0 Å². The zero-order valence-electron chi connectivity index (χ0n) is 24.3. The fourth-order valence-corrected chi connectivity index (χ4v) is 8.52. The highest BCUT2D eigenvalue weighted by molar-refractivity contribution is 6.01. The van der Waals surface area contributed by atoms with Crippen LogP contribution >= 0.6 is 0 Å². The molecular weight excluding hydrogens is 529 g/mol. The van der Waals surface area contributed by atoms with Gasteiger partial charge < -0.3 is 19.3 Å². The molecule has 4 aliphatic carbocycles. The summed E-state index contributed by atoms with van der Waals surface area (Å²) in [5.74, 6) is -4.29. The van der Waals surface area contributed by atoms with E-state index in [0.29, 0.717) is 6.42 Å². The Morgan fingerprint density at radius 1 is 1.20 bits per heavy atom. The highest BCUT2D eigenvalue weighted by Gasteiger charge is 2.79. The number of hydrogen-bond acceptors (Lipinski definition) is 7. The fourth-order valence-electron chi connectivity index (χ4n) is 8.52. The quantitative estimate of drug-likeness (QED) is 0.421. The minimum absolute atomic E-state index is 0.0248. The van der Waals surface area contributed by atoms with Crippen molar-refractivity contribution in [2.24, 2.45) is 34.0 Å². The van der Waals surface area contributed by atoms with E-state index in [1.807, 2.05) is 27.7 Å². The van der Waals surface area contributed by atoms with Crippen molar-refractivity contribution in [1.29, 1.82) is 0 Å². The van der Waals surface area contributed by atoms with Gasteiger partial charge in [0.25, 0.3) is 0 Å². The number of allylic oxidation sites excluding steroid dienone is 4. The molecule has 0 aliphatic heterocycles. The van der Waals surface area contributed by atoms with Gasteiger partial charge in [-0.25, -0.2) is 22.8 Å². The molecule has 4 aliphatic rings. The van der Waals surface area contributed by atoms with Crippen molar-refractivity contribution in [2.45, 2.75) is 104 Å². The van der Waals surface area contributed by atoms with Gasteiger partial charge in [-0.15, -0.1) is 0 Å². The number of fused-ring (bicyclic) bond motifs is 5. The molecule has 0 aromatic carbocycles. The van der Waals surface area contributed by atoms with E-state index in [4.69, 9.17) is 14.2 Å². The molecule has 4 rings (SSSR count). The van der Waals surface area contributed by atoms with Crippen LogP contribution in [0.3, 0.4) is 0 Å². The molecule has 3 saturated carbocycles. The lowest BCUT2D eigenvalue weighted by Gasteiger charge is -2.62. The molecule has 0 heterocycles. The largest absolute Gasteiger partial charge is 0.509 e. The molecule has 3 fully saturated rings. The Kier molecular flexibility index (Phi) is 7.56. The maximum atomic E-state index is 17.5. The van der Waals surface area contributed by atoms with Crippen molar-refractivity contribution in [3.05, 3.63) is 23.8 Å². The second-order valence-electron chi connectivity index (χ2n) is 13.5. The van der Waals surface area contributed by atoms with Crippen molar-refractivity contribution in [1.82, 2.24) is 0 Å². The molecule has 40 heavy (non-hydrogen) atoms. The van der Waals surface area contributed by atoms with Gasteiger partial charge in [-0.1, -0.05) is 47.6 Å². The van der Waals surface area contributed by atoms with E-state index >= 15 is 8.78 Å². The summed E-state index contributed by atoms with van der Waals surface area (Å²) in [4.78, 5) is 38.9. The van der Waals surface area contributed by atoms with Crippen molar-refractivity contribution < 1.29 is 46.9 Å². The van der Waals surface area contributed by atoms with Crippen LogP contribution in [0.5, 0.6) is 0 Å². The standard InChI is InChI=1S/C30H41F3O7/c1-8-23(26(3,4)5)39-25(37)40-30(24(36)38-15-31)16(2)11-18-19-13-21(32)20-12-17(34)9-10-27(20,6)29(19,33)22(35)14-28(18,30)7/h9-10,12,16,18-19,21-23,35H,8,11,13-15H2,1-7H3/t16-,18+,19+,21+,22+,23?,27+,28+,29?,30-/m1/s1. The predicted molar refractivity (Wildman–Crippen MR) is 139 cm³/mol. The Hall–Kier alpha value is -2.36. The third-order valence-electron chi connectivity index (χ3n) is 10.5. The second-order valence-corrected chi connectivity index (χ2v) is 13.5. The monoisotopic (exact) mass is 570 g/mol. The van der Waals surface area contributed by atoms with Crippen molar-refractivity contribution in [2.75, 3.05) is 6.86 Å². The van der Waals surface area contributed by atoms with Gasteiger partial charge in [-0.05, 0) is 61.7 Å². The first-order valence-corrected chi connectivity index (χ1v) is 14.0. The summed E-state index contributed by atoms with van der Waals surface area (Å²) in [5.41, 5.74) is -8.05. The minimum atomic E-state index is -2.39. The topological polar surface area (TPSA) is 99.1 Å².